The molecule has 0 saturated heterocycles. The second-order valence-corrected chi connectivity index (χ2v) is 6.86. The molecular formula is C12H18ClNO3S. The van der Waals surface area contributed by atoms with E-state index in [1.54, 1.807) is 19.2 Å². The molecule has 0 heterocycles. The lowest BCUT2D eigenvalue weighted by Gasteiger charge is -2.17. The molecule has 0 aliphatic carbocycles. The van der Waals surface area contributed by atoms with Crippen LogP contribution in [0.1, 0.15) is 13.3 Å². The summed E-state index contributed by atoms with van der Waals surface area (Å²) in [5.74, 6) is 0.631. The van der Waals surface area contributed by atoms with Gasteiger partial charge >= 0.3 is 0 Å². The number of hydrogen-bond acceptors (Lipinski definition) is 3. The van der Waals surface area contributed by atoms with E-state index in [-0.39, 0.29) is 10.3 Å². The Kier molecular flexibility index (Phi) is 5.44. The molecule has 1 rings (SSSR count). The largest absolute Gasteiger partial charge is 0.497 e. The fourth-order valence-corrected chi connectivity index (χ4v) is 2.69. The molecule has 0 spiro atoms. The van der Waals surface area contributed by atoms with E-state index in [1.165, 1.54) is 23.5 Å². The standard InChI is InChI=1S/C12H18ClNO3S/c1-10(13)8-9-14(2)18(15,16)12-6-4-11(17-3)5-7-12/h4-7,10H,8-9H2,1-3H3. The Bertz CT molecular complexity index is 471. The van der Waals surface area contributed by atoms with Crippen molar-refractivity contribution < 1.29 is 13.2 Å². The van der Waals surface area contributed by atoms with Crippen LogP contribution in [0.15, 0.2) is 29.2 Å². The summed E-state index contributed by atoms with van der Waals surface area (Å²) in [6.07, 6.45) is 0.618. The minimum atomic E-state index is -3.44. The number of nitrogens with zero attached hydrogens (tertiary/aromatic N) is 1. The lowest BCUT2D eigenvalue weighted by atomic mass is 10.3. The summed E-state index contributed by atoms with van der Waals surface area (Å²) in [7, 11) is -0.347. The van der Waals surface area contributed by atoms with Crippen LogP contribution in [0.3, 0.4) is 0 Å². The van der Waals surface area contributed by atoms with E-state index in [0.717, 1.165) is 0 Å². The maximum Gasteiger partial charge on any atom is 0.242 e. The Morgan fingerprint density at radius 3 is 2.33 bits per heavy atom. The summed E-state index contributed by atoms with van der Waals surface area (Å²) in [5, 5.41) is -0.0430. The molecule has 0 radical (unpaired) electrons. The first-order valence-corrected chi connectivity index (χ1v) is 7.50. The molecule has 1 atom stereocenters. The van der Waals surface area contributed by atoms with E-state index in [2.05, 4.69) is 0 Å². The van der Waals surface area contributed by atoms with Gasteiger partial charge in [-0.2, -0.15) is 0 Å². The summed E-state index contributed by atoms with van der Waals surface area (Å²) >= 11 is 5.82. The lowest BCUT2D eigenvalue weighted by molar-refractivity contribution is 0.414. The highest BCUT2D eigenvalue weighted by Crippen LogP contribution is 2.19. The van der Waals surface area contributed by atoms with Gasteiger partial charge in [0.2, 0.25) is 10.0 Å². The van der Waals surface area contributed by atoms with Crippen LogP contribution in [-0.2, 0) is 10.0 Å². The van der Waals surface area contributed by atoms with E-state index in [4.69, 9.17) is 16.3 Å². The van der Waals surface area contributed by atoms with Crippen molar-refractivity contribution in [2.24, 2.45) is 0 Å². The van der Waals surface area contributed by atoms with E-state index in [0.29, 0.717) is 18.7 Å². The minimum absolute atomic E-state index is 0.0430. The fraction of sp³-hybridized carbons (Fsp3) is 0.500. The number of benzene rings is 1. The molecule has 6 heteroatoms. The Hall–Kier alpha value is -0.780. The zero-order chi connectivity index (χ0) is 13.8. The average molecular weight is 292 g/mol. The van der Waals surface area contributed by atoms with Crippen LogP contribution in [0.4, 0.5) is 0 Å². The monoisotopic (exact) mass is 291 g/mol. The molecule has 0 aromatic heterocycles. The molecule has 102 valence electrons. The van der Waals surface area contributed by atoms with Crippen molar-refractivity contribution in [3.05, 3.63) is 24.3 Å². The number of alkyl halides is 1. The number of sulfonamides is 1. The number of rotatable bonds is 6. The normalized spacial score (nSPS) is 13.6. The Labute approximate surface area is 114 Å². The molecule has 18 heavy (non-hydrogen) atoms. The van der Waals surface area contributed by atoms with Gasteiger partial charge in [-0.25, -0.2) is 12.7 Å². The predicted molar refractivity (Wildman–Crippen MR) is 72.7 cm³/mol. The maximum atomic E-state index is 12.2. The SMILES string of the molecule is COc1ccc(S(=O)(=O)N(C)CCC(C)Cl)cc1. The lowest BCUT2D eigenvalue weighted by Crippen LogP contribution is -2.29. The van der Waals surface area contributed by atoms with E-state index in [9.17, 15) is 8.42 Å². The third kappa shape index (κ3) is 3.86. The van der Waals surface area contributed by atoms with E-state index < -0.39 is 10.0 Å². The third-order valence-electron chi connectivity index (χ3n) is 2.61. The molecule has 1 aromatic rings. The molecule has 0 aliphatic heterocycles. The van der Waals surface area contributed by atoms with Gasteiger partial charge in [-0.15, -0.1) is 11.6 Å². The quantitative estimate of drug-likeness (QED) is 0.756. The molecule has 0 aliphatic rings. The number of hydrogen-bond donors (Lipinski definition) is 0. The number of methoxy groups -OCH3 is 1. The van der Waals surface area contributed by atoms with Gasteiger partial charge in [0.25, 0.3) is 0 Å². The number of ether oxygens (including phenoxy) is 1. The van der Waals surface area contributed by atoms with Crippen LogP contribution in [0.25, 0.3) is 0 Å². The third-order valence-corrected chi connectivity index (χ3v) is 4.70. The van der Waals surface area contributed by atoms with Crippen molar-refractivity contribution in [3.8, 4) is 5.75 Å². The summed E-state index contributed by atoms with van der Waals surface area (Å²) in [6.45, 7) is 2.24. The van der Waals surface area contributed by atoms with Crippen LogP contribution in [0.2, 0.25) is 0 Å². The topological polar surface area (TPSA) is 46.6 Å². The molecule has 0 bridgehead atoms. The molecule has 0 amide bonds. The van der Waals surface area contributed by atoms with Crippen molar-refractivity contribution in [2.75, 3.05) is 20.7 Å². The van der Waals surface area contributed by atoms with Crippen LogP contribution >= 0.6 is 11.6 Å². The Morgan fingerprint density at radius 1 is 1.33 bits per heavy atom. The second-order valence-electron chi connectivity index (χ2n) is 4.07. The summed E-state index contributed by atoms with van der Waals surface area (Å²) < 4.78 is 30.7. The highest BCUT2D eigenvalue weighted by molar-refractivity contribution is 7.89. The van der Waals surface area contributed by atoms with Gasteiger partial charge in [-0.1, -0.05) is 0 Å². The van der Waals surface area contributed by atoms with Gasteiger partial charge in [0.05, 0.1) is 12.0 Å². The fourth-order valence-electron chi connectivity index (χ4n) is 1.41. The zero-order valence-corrected chi connectivity index (χ0v) is 12.3. The van der Waals surface area contributed by atoms with Crippen molar-refractivity contribution in [1.82, 2.24) is 4.31 Å². The Balaban J connectivity index is 2.84. The van der Waals surface area contributed by atoms with Crippen molar-refractivity contribution in [3.63, 3.8) is 0 Å². The smallest absolute Gasteiger partial charge is 0.242 e. The van der Waals surface area contributed by atoms with Crippen molar-refractivity contribution >= 4 is 21.6 Å². The van der Waals surface area contributed by atoms with Crippen LogP contribution in [-0.4, -0.2) is 38.8 Å². The van der Waals surface area contributed by atoms with Gasteiger partial charge < -0.3 is 4.74 Å². The summed E-state index contributed by atoms with van der Waals surface area (Å²) in [5.41, 5.74) is 0. The van der Waals surface area contributed by atoms with Crippen LogP contribution in [0.5, 0.6) is 5.75 Å². The highest BCUT2D eigenvalue weighted by Gasteiger charge is 2.20. The predicted octanol–water partition coefficient (Wildman–Crippen LogP) is 2.33. The second kappa shape index (κ2) is 6.41. The zero-order valence-electron chi connectivity index (χ0n) is 10.8. The van der Waals surface area contributed by atoms with Crippen LogP contribution in [0, 0.1) is 0 Å². The average Bonchev–Trinajstić information content (AvgIpc) is 2.35. The van der Waals surface area contributed by atoms with Gasteiger partial charge in [-0.05, 0) is 37.6 Å². The maximum absolute atomic E-state index is 12.2. The minimum Gasteiger partial charge on any atom is -0.497 e. The van der Waals surface area contributed by atoms with Crippen molar-refractivity contribution in [2.45, 2.75) is 23.6 Å². The van der Waals surface area contributed by atoms with E-state index in [1.807, 2.05) is 6.92 Å². The molecule has 0 N–H and O–H groups in total. The molecule has 1 unspecified atom stereocenters. The van der Waals surface area contributed by atoms with Crippen molar-refractivity contribution in [1.29, 1.82) is 0 Å². The van der Waals surface area contributed by atoms with Gasteiger partial charge in [-0.3, -0.25) is 0 Å². The van der Waals surface area contributed by atoms with E-state index >= 15 is 0 Å². The molecular weight excluding hydrogens is 274 g/mol. The molecule has 1 aromatic carbocycles. The summed E-state index contributed by atoms with van der Waals surface area (Å²) in [6, 6.07) is 6.33. The molecule has 0 fully saturated rings. The first-order valence-electron chi connectivity index (χ1n) is 5.62. The molecule has 4 nitrogen and oxygen atoms in total. The highest BCUT2D eigenvalue weighted by atomic mass is 35.5. The molecule has 0 saturated carbocycles. The number of halogens is 1. The summed E-state index contributed by atoms with van der Waals surface area (Å²) in [4.78, 5) is 0.257. The van der Waals surface area contributed by atoms with Gasteiger partial charge in [0, 0.05) is 19.0 Å². The first-order chi connectivity index (χ1) is 8.37. The first kappa shape index (κ1) is 15.3. The van der Waals surface area contributed by atoms with Crippen LogP contribution < -0.4 is 4.74 Å². The Morgan fingerprint density at radius 2 is 1.89 bits per heavy atom. The van der Waals surface area contributed by atoms with Gasteiger partial charge in [0.1, 0.15) is 5.75 Å². The van der Waals surface area contributed by atoms with Gasteiger partial charge in [0.15, 0.2) is 0 Å².